The van der Waals surface area contributed by atoms with Crippen molar-refractivity contribution in [3.8, 4) is 11.5 Å². The molecule has 1 fully saturated rings. The molecule has 2 aliphatic heterocycles. The van der Waals surface area contributed by atoms with Gasteiger partial charge in [0.1, 0.15) is 6.61 Å². The molecule has 1 aromatic carbocycles. The maximum Gasteiger partial charge on any atom is 0.253 e. The lowest BCUT2D eigenvalue weighted by atomic mass is 10.1. The standard InChI is InChI=1S/C18H24N2O3/c1-3-22-16-7-4-6-14-12-15(13-23-17(14)16)18(21)20-9-5-8-19(2)10-11-20/h4,6-7,12H,3,5,8-11,13H2,1-2H3. The lowest BCUT2D eigenvalue weighted by Crippen LogP contribution is -2.37. The lowest BCUT2D eigenvalue weighted by molar-refractivity contribution is -0.127. The van der Waals surface area contributed by atoms with Gasteiger partial charge in [0.2, 0.25) is 0 Å². The Morgan fingerprint density at radius 2 is 2.13 bits per heavy atom. The average Bonchev–Trinajstić information content (AvgIpc) is 2.79. The van der Waals surface area contributed by atoms with E-state index in [1.54, 1.807) is 0 Å². The molecule has 1 saturated heterocycles. The Bertz CT molecular complexity index is 612. The zero-order chi connectivity index (χ0) is 16.2. The third-order valence-electron chi connectivity index (χ3n) is 4.29. The van der Waals surface area contributed by atoms with Gasteiger partial charge in [-0.1, -0.05) is 12.1 Å². The van der Waals surface area contributed by atoms with Crippen molar-refractivity contribution in [2.24, 2.45) is 0 Å². The first-order chi connectivity index (χ1) is 11.2. The summed E-state index contributed by atoms with van der Waals surface area (Å²) in [6, 6.07) is 5.78. The number of rotatable bonds is 3. The molecule has 0 aliphatic carbocycles. The molecule has 1 aromatic rings. The minimum atomic E-state index is 0.0905. The third-order valence-corrected chi connectivity index (χ3v) is 4.29. The van der Waals surface area contributed by atoms with Crippen LogP contribution in [0.4, 0.5) is 0 Å². The number of carbonyl (C=O) groups excluding carboxylic acids is 1. The quantitative estimate of drug-likeness (QED) is 0.856. The van der Waals surface area contributed by atoms with Gasteiger partial charge in [-0.15, -0.1) is 0 Å². The summed E-state index contributed by atoms with van der Waals surface area (Å²) < 4.78 is 11.4. The Morgan fingerprint density at radius 1 is 1.26 bits per heavy atom. The molecule has 0 spiro atoms. The fourth-order valence-corrected chi connectivity index (χ4v) is 3.03. The number of hydrogen-bond donors (Lipinski definition) is 0. The van der Waals surface area contributed by atoms with Crippen LogP contribution in [0.15, 0.2) is 23.8 Å². The van der Waals surface area contributed by atoms with Gasteiger partial charge >= 0.3 is 0 Å². The van der Waals surface area contributed by atoms with Crippen molar-refractivity contribution in [2.75, 3.05) is 46.4 Å². The van der Waals surface area contributed by atoms with Crippen LogP contribution < -0.4 is 9.47 Å². The van der Waals surface area contributed by atoms with Gasteiger partial charge in [-0.2, -0.15) is 0 Å². The van der Waals surface area contributed by atoms with Gasteiger partial charge in [0.05, 0.1) is 12.2 Å². The number of fused-ring (bicyclic) bond motifs is 1. The molecule has 5 nitrogen and oxygen atoms in total. The van der Waals surface area contributed by atoms with E-state index < -0.39 is 0 Å². The predicted molar refractivity (Wildman–Crippen MR) is 89.8 cm³/mol. The van der Waals surface area contributed by atoms with Crippen LogP contribution >= 0.6 is 0 Å². The fraction of sp³-hybridized carbons (Fsp3) is 0.500. The van der Waals surface area contributed by atoms with Gasteiger partial charge in [0.25, 0.3) is 5.91 Å². The molecule has 0 saturated carbocycles. The highest BCUT2D eigenvalue weighted by Crippen LogP contribution is 2.36. The van der Waals surface area contributed by atoms with Gasteiger partial charge in [-0.25, -0.2) is 0 Å². The Morgan fingerprint density at radius 3 is 2.96 bits per heavy atom. The van der Waals surface area contributed by atoms with Crippen molar-refractivity contribution in [3.63, 3.8) is 0 Å². The number of amides is 1. The molecule has 2 heterocycles. The van der Waals surface area contributed by atoms with Gasteiger partial charge in [-0.3, -0.25) is 4.79 Å². The molecule has 124 valence electrons. The van der Waals surface area contributed by atoms with E-state index in [0.717, 1.165) is 55.2 Å². The third kappa shape index (κ3) is 3.50. The van der Waals surface area contributed by atoms with E-state index >= 15 is 0 Å². The molecular weight excluding hydrogens is 292 g/mol. The van der Waals surface area contributed by atoms with E-state index in [1.165, 1.54) is 0 Å². The largest absolute Gasteiger partial charge is 0.490 e. The van der Waals surface area contributed by atoms with Crippen LogP contribution in [0.25, 0.3) is 6.08 Å². The van der Waals surface area contributed by atoms with Crippen molar-refractivity contribution >= 4 is 12.0 Å². The number of hydrogen-bond acceptors (Lipinski definition) is 4. The highest BCUT2D eigenvalue weighted by atomic mass is 16.5. The Kier molecular flexibility index (Phi) is 4.86. The maximum absolute atomic E-state index is 12.8. The van der Waals surface area contributed by atoms with Crippen LogP contribution in [0.3, 0.4) is 0 Å². The highest BCUT2D eigenvalue weighted by molar-refractivity contribution is 5.99. The SMILES string of the molecule is CCOc1cccc2c1OCC(C(=O)N1CCCN(C)CC1)=C2. The number of benzene rings is 1. The topological polar surface area (TPSA) is 42.0 Å². The summed E-state index contributed by atoms with van der Waals surface area (Å²) >= 11 is 0. The normalized spacial score (nSPS) is 18.5. The van der Waals surface area contributed by atoms with Crippen molar-refractivity contribution in [1.29, 1.82) is 0 Å². The van der Waals surface area contributed by atoms with E-state index in [1.807, 2.05) is 36.1 Å². The van der Waals surface area contributed by atoms with Gasteiger partial charge in [-0.05, 0) is 39.1 Å². The van der Waals surface area contributed by atoms with E-state index in [4.69, 9.17) is 9.47 Å². The van der Waals surface area contributed by atoms with Crippen molar-refractivity contribution < 1.29 is 14.3 Å². The monoisotopic (exact) mass is 316 g/mol. The Hall–Kier alpha value is -2.01. The second-order valence-electron chi connectivity index (χ2n) is 6.01. The summed E-state index contributed by atoms with van der Waals surface area (Å²) in [6.45, 7) is 6.40. The average molecular weight is 316 g/mol. The molecule has 2 aliphatic rings. The van der Waals surface area contributed by atoms with Crippen molar-refractivity contribution in [3.05, 3.63) is 29.3 Å². The van der Waals surface area contributed by atoms with Crippen molar-refractivity contribution in [1.82, 2.24) is 9.80 Å². The predicted octanol–water partition coefficient (Wildman–Crippen LogP) is 2.03. The van der Waals surface area contributed by atoms with E-state index in [-0.39, 0.29) is 5.91 Å². The second kappa shape index (κ2) is 7.04. The van der Waals surface area contributed by atoms with Crippen LogP contribution in [0.1, 0.15) is 18.9 Å². The molecular formula is C18H24N2O3. The van der Waals surface area contributed by atoms with Crippen LogP contribution in [0.2, 0.25) is 0 Å². The van der Waals surface area contributed by atoms with Crippen LogP contribution in [-0.2, 0) is 4.79 Å². The van der Waals surface area contributed by atoms with E-state index in [9.17, 15) is 4.79 Å². The molecule has 3 rings (SSSR count). The summed E-state index contributed by atoms with van der Waals surface area (Å²) in [5.41, 5.74) is 1.63. The van der Waals surface area contributed by atoms with Gasteiger partial charge in [0.15, 0.2) is 11.5 Å². The Balaban J connectivity index is 1.79. The molecule has 1 amide bonds. The number of carbonyl (C=O) groups is 1. The first-order valence-electron chi connectivity index (χ1n) is 8.26. The summed E-state index contributed by atoms with van der Waals surface area (Å²) in [5, 5.41) is 0. The first kappa shape index (κ1) is 15.9. The lowest BCUT2D eigenvalue weighted by Gasteiger charge is -2.25. The molecule has 0 bridgehead atoms. The second-order valence-corrected chi connectivity index (χ2v) is 6.01. The number of likely N-dealkylation sites (N-methyl/N-ethyl adjacent to an activating group) is 1. The van der Waals surface area contributed by atoms with Crippen molar-refractivity contribution in [2.45, 2.75) is 13.3 Å². The minimum absolute atomic E-state index is 0.0905. The molecule has 0 aromatic heterocycles. The van der Waals surface area contributed by atoms with E-state index in [2.05, 4.69) is 11.9 Å². The summed E-state index contributed by atoms with van der Waals surface area (Å²) in [6.07, 6.45) is 2.96. The zero-order valence-corrected chi connectivity index (χ0v) is 13.9. The zero-order valence-electron chi connectivity index (χ0n) is 13.9. The molecule has 0 radical (unpaired) electrons. The van der Waals surface area contributed by atoms with Crippen LogP contribution in [0.5, 0.6) is 11.5 Å². The van der Waals surface area contributed by atoms with Crippen LogP contribution in [0, 0.1) is 0 Å². The summed E-state index contributed by atoms with van der Waals surface area (Å²) in [7, 11) is 2.10. The maximum atomic E-state index is 12.8. The molecule has 0 unspecified atom stereocenters. The Labute approximate surface area is 137 Å². The fourth-order valence-electron chi connectivity index (χ4n) is 3.03. The molecule has 23 heavy (non-hydrogen) atoms. The number of para-hydroxylation sites is 1. The summed E-state index contributed by atoms with van der Waals surface area (Å²) in [4.78, 5) is 17.0. The van der Waals surface area contributed by atoms with Gasteiger partial charge < -0.3 is 19.3 Å². The molecule has 0 atom stereocenters. The first-order valence-corrected chi connectivity index (χ1v) is 8.26. The highest BCUT2D eigenvalue weighted by Gasteiger charge is 2.25. The molecule has 0 N–H and O–H groups in total. The van der Waals surface area contributed by atoms with Crippen LogP contribution in [-0.4, -0.2) is 62.1 Å². The number of nitrogens with zero attached hydrogens (tertiary/aromatic N) is 2. The van der Waals surface area contributed by atoms with Gasteiger partial charge in [0, 0.05) is 25.2 Å². The molecule has 5 heteroatoms. The minimum Gasteiger partial charge on any atom is -0.490 e. The smallest absolute Gasteiger partial charge is 0.253 e. The summed E-state index contributed by atoms with van der Waals surface area (Å²) in [5.74, 6) is 1.57. The van der Waals surface area contributed by atoms with E-state index in [0.29, 0.717) is 13.2 Å². The number of ether oxygens (including phenoxy) is 2.